The molecule has 1 aromatic carbocycles. The topological polar surface area (TPSA) is 106 Å². The lowest BCUT2D eigenvalue weighted by molar-refractivity contribution is -0.136. The van der Waals surface area contributed by atoms with Crippen molar-refractivity contribution in [1.29, 1.82) is 0 Å². The zero-order chi connectivity index (χ0) is 21.8. The van der Waals surface area contributed by atoms with E-state index in [9.17, 15) is 14.4 Å². The highest BCUT2D eigenvalue weighted by Gasteiger charge is 2.40. The van der Waals surface area contributed by atoms with Gasteiger partial charge in [-0.15, -0.1) is 0 Å². The molecule has 9 heteroatoms. The summed E-state index contributed by atoms with van der Waals surface area (Å²) in [5.74, 6) is 0.567. The number of likely N-dealkylation sites (tertiary alicyclic amines) is 1. The van der Waals surface area contributed by atoms with Crippen LogP contribution in [0.4, 0.5) is 0 Å². The van der Waals surface area contributed by atoms with Crippen molar-refractivity contribution in [2.24, 2.45) is 0 Å². The molecule has 168 valence electrons. The summed E-state index contributed by atoms with van der Waals surface area (Å²) in [4.78, 5) is 39.3. The third kappa shape index (κ3) is 4.92. The number of fused-ring (bicyclic) bond motifs is 1. The minimum absolute atomic E-state index is 0.00330. The molecule has 2 saturated heterocycles. The van der Waals surface area contributed by atoms with Crippen LogP contribution in [0.25, 0.3) is 0 Å². The van der Waals surface area contributed by atoms with Gasteiger partial charge in [0.15, 0.2) is 0 Å². The summed E-state index contributed by atoms with van der Waals surface area (Å²) >= 11 is 0. The molecule has 3 aliphatic rings. The quantitative estimate of drug-likeness (QED) is 0.733. The lowest BCUT2D eigenvalue weighted by atomic mass is 9.94. The lowest BCUT2D eigenvalue weighted by Gasteiger charge is -2.32. The number of benzene rings is 1. The molecule has 2 unspecified atom stereocenters. The van der Waals surface area contributed by atoms with E-state index in [0.717, 1.165) is 19.4 Å². The normalized spacial score (nSPS) is 26.2. The van der Waals surface area contributed by atoms with Crippen LogP contribution in [0.3, 0.4) is 0 Å². The molecule has 2 atom stereocenters. The molecule has 1 aromatic rings. The Morgan fingerprint density at radius 1 is 1.35 bits per heavy atom. The first-order valence-corrected chi connectivity index (χ1v) is 10.8. The summed E-state index contributed by atoms with van der Waals surface area (Å²) in [5.41, 5.74) is -0.286. The molecule has 4 rings (SSSR count). The summed E-state index contributed by atoms with van der Waals surface area (Å²) in [6.07, 6.45) is 3.05. The van der Waals surface area contributed by atoms with Crippen LogP contribution < -0.4 is 20.1 Å². The number of hydrogen-bond donors (Lipinski definition) is 2. The molecule has 0 saturated carbocycles. The fraction of sp³-hybridized carbons (Fsp3) is 0.591. The van der Waals surface area contributed by atoms with Crippen molar-refractivity contribution in [2.75, 3.05) is 40.0 Å². The Hall–Kier alpha value is -2.81. The van der Waals surface area contributed by atoms with E-state index in [1.54, 1.807) is 30.2 Å². The van der Waals surface area contributed by atoms with Crippen LogP contribution in [0.15, 0.2) is 18.2 Å². The van der Waals surface area contributed by atoms with Gasteiger partial charge in [0.05, 0.1) is 38.4 Å². The van der Waals surface area contributed by atoms with Crippen LogP contribution in [-0.4, -0.2) is 74.2 Å². The summed E-state index contributed by atoms with van der Waals surface area (Å²) in [6, 6.07) is 5.13. The van der Waals surface area contributed by atoms with Crippen LogP contribution in [0.5, 0.6) is 11.5 Å². The maximum Gasteiger partial charge on any atom is 0.255 e. The molecule has 0 bridgehead atoms. The van der Waals surface area contributed by atoms with Crippen LogP contribution in [0.1, 0.15) is 42.5 Å². The van der Waals surface area contributed by atoms with E-state index in [4.69, 9.17) is 14.2 Å². The van der Waals surface area contributed by atoms with Gasteiger partial charge in [-0.25, -0.2) is 0 Å². The second-order valence-electron chi connectivity index (χ2n) is 8.38. The second-order valence-corrected chi connectivity index (χ2v) is 8.38. The smallest absolute Gasteiger partial charge is 0.255 e. The zero-order valence-electron chi connectivity index (χ0n) is 17.8. The highest BCUT2D eigenvalue weighted by atomic mass is 16.5. The molecule has 9 nitrogen and oxygen atoms in total. The molecule has 2 N–H and O–H groups in total. The average Bonchev–Trinajstić information content (AvgIpc) is 3.01. The third-order valence-corrected chi connectivity index (χ3v) is 6.17. The molecule has 3 heterocycles. The maximum atomic E-state index is 12.7. The van der Waals surface area contributed by atoms with E-state index in [-0.39, 0.29) is 36.7 Å². The summed E-state index contributed by atoms with van der Waals surface area (Å²) in [6.45, 7) is 1.95. The fourth-order valence-corrected chi connectivity index (χ4v) is 4.34. The van der Waals surface area contributed by atoms with Gasteiger partial charge in [0.2, 0.25) is 11.8 Å². The summed E-state index contributed by atoms with van der Waals surface area (Å²) in [7, 11) is 1.54. The summed E-state index contributed by atoms with van der Waals surface area (Å²) < 4.78 is 16.9. The van der Waals surface area contributed by atoms with Gasteiger partial charge < -0.3 is 29.7 Å². The molecular formula is C22H29N3O6. The molecule has 2 fully saturated rings. The molecule has 3 amide bonds. The number of nitrogens with zero attached hydrogens (tertiary/aromatic N) is 1. The van der Waals surface area contributed by atoms with Gasteiger partial charge in [-0.05, 0) is 37.5 Å². The Morgan fingerprint density at radius 3 is 3.00 bits per heavy atom. The minimum Gasteiger partial charge on any atom is -0.497 e. The van der Waals surface area contributed by atoms with Crippen molar-refractivity contribution in [3.05, 3.63) is 23.8 Å². The SMILES string of the molecule is COc1ccc2c(c1)C(=O)NCC1(CCC(=O)N(CC(=O)NC3CCCOC3)CC1)O2. The number of methoxy groups -OCH3 is 1. The predicted octanol–water partition coefficient (Wildman–Crippen LogP) is 0.864. The molecule has 0 aliphatic carbocycles. The number of carbonyl (C=O) groups excluding carboxylic acids is 3. The minimum atomic E-state index is -0.701. The van der Waals surface area contributed by atoms with Crippen LogP contribution in [-0.2, 0) is 14.3 Å². The molecule has 31 heavy (non-hydrogen) atoms. The van der Waals surface area contributed by atoms with E-state index >= 15 is 0 Å². The zero-order valence-corrected chi connectivity index (χ0v) is 17.8. The van der Waals surface area contributed by atoms with Gasteiger partial charge in [-0.1, -0.05) is 0 Å². The Balaban J connectivity index is 1.42. The van der Waals surface area contributed by atoms with Crippen molar-refractivity contribution in [3.63, 3.8) is 0 Å². The average molecular weight is 431 g/mol. The van der Waals surface area contributed by atoms with Gasteiger partial charge in [-0.3, -0.25) is 14.4 Å². The van der Waals surface area contributed by atoms with E-state index < -0.39 is 5.60 Å². The van der Waals surface area contributed by atoms with Crippen LogP contribution in [0.2, 0.25) is 0 Å². The molecular weight excluding hydrogens is 402 g/mol. The standard InChI is InChI=1S/C22H29N3O6/c1-29-16-4-5-18-17(11-16)21(28)23-14-22(31-18)7-6-20(27)25(9-8-22)12-19(26)24-15-3-2-10-30-13-15/h4-5,11,15H,2-3,6-10,12-14H2,1H3,(H,23,28)(H,24,26). The van der Waals surface area contributed by atoms with E-state index in [0.29, 0.717) is 49.6 Å². The van der Waals surface area contributed by atoms with Crippen molar-refractivity contribution in [3.8, 4) is 11.5 Å². The van der Waals surface area contributed by atoms with E-state index in [2.05, 4.69) is 10.6 Å². The fourth-order valence-electron chi connectivity index (χ4n) is 4.34. The van der Waals surface area contributed by atoms with Crippen LogP contribution in [0, 0.1) is 0 Å². The maximum absolute atomic E-state index is 12.7. The van der Waals surface area contributed by atoms with Crippen molar-refractivity contribution in [2.45, 2.75) is 43.7 Å². The Bertz CT molecular complexity index is 854. The Kier molecular flexibility index (Phi) is 6.31. The Morgan fingerprint density at radius 2 is 2.23 bits per heavy atom. The van der Waals surface area contributed by atoms with Gasteiger partial charge in [0, 0.05) is 26.0 Å². The molecule has 1 spiro atoms. The number of amides is 3. The van der Waals surface area contributed by atoms with Crippen molar-refractivity contribution < 1.29 is 28.6 Å². The first-order valence-electron chi connectivity index (χ1n) is 10.8. The van der Waals surface area contributed by atoms with Gasteiger partial charge in [-0.2, -0.15) is 0 Å². The first kappa shape index (κ1) is 21.4. The van der Waals surface area contributed by atoms with E-state index in [1.807, 2.05) is 0 Å². The van der Waals surface area contributed by atoms with Gasteiger partial charge in [0.1, 0.15) is 17.1 Å². The molecule has 0 radical (unpaired) electrons. The van der Waals surface area contributed by atoms with Gasteiger partial charge >= 0.3 is 0 Å². The van der Waals surface area contributed by atoms with Crippen molar-refractivity contribution >= 4 is 17.7 Å². The first-order chi connectivity index (χ1) is 15.0. The van der Waals surface area contributed by atoms with Crippen molar-refractivity contribution in [1.82, 2.24) is 15.5 Å². The largest absolute Gasteiger partial charge is 0.497 e. The second kappa shape index (κ2) is 9.13. The molecule has 0 aromatic heterocycles. The number of nitrogens with one attached hydrogen (secondary N) is 2. The molecule has 3 aliphatic heterocycles. The monoisotopic (exact) mass is 431 g/mol. The van der Waals surface area contributed by atoms with Crippen LogP contribution >= 0.6 is 0 Å². The lowest BCUT2D eigenvalue weighted by Crippen LogP contribution is -2.48. The van der Waals surface area contributed by atoms with E-state index in [1.165, 1.54) is 0 Å². The van der Waals surface area contributed by atoms with Gasteiger partial charge in [0.25, 0.3) is 5.91 Å². The number of rotatable bonds is 4. The third-order valence-electron chi connectivity index (χ3n) is 6.17. The predicted molar refractivity (Wildman–Crippen MR) is 111 cm³/mol. The highest BCUT2D eigenvalue weighted by molar-refractivity contribution is 5.97. The number of hydrogen-bond acceptors (Lipinski definition) is 6. The highest BCUT2D eigenvalue weighted by Crippen LogP contribution is 2.34. The Labute approximate surface area is 181 Å². The number of ether oxygens (including phenoxy) is 3. The number of carbonyl (C=O) groups is 3. The summed E-state index contributed by atoms with van der Waals surface area (Å²) in [5, 5.41) is 5.88.